The van der Waals surface area contributed by atoms with Crippen molar-refractivity contribution in [1.29, 1.82) is 0 Å². The Kier molecular flexibility index (Phi) is 4.41. The van der Waals surface area contributed by atoms with Gasteiger partial charge in [-0.25, -0.2) is 9.37 Å². The average molecular weight is 361 g/mol. The van der Waals surface area contributed by atoms with Gasteiger partial charge in [0, 0.05) is 23.9 Å². The van der Waals surface area contributed by atoms with E-state index in [1.165, 1.54) is 18.3 Å². The van der Waals surface area contributed by atoms with Crippen LogP contribution in [0, 0.1) is 5.82 Å². The van der Waals surface area contributed by atoms with Crippen molar-refractivity contribution in [2.45, 2.75) is 0 Å². The van der Waals surface area contributed by atoms with Crippen molar-refractivity contribution < 1.29 is 14.3 Å². The summed E-state index contributed by atoms with van der Waals surface area (Å²) in [6.07, 6.45) is 1.42. The zero-order valence-corrected chi connectivity index (χ0v) is 12.2. The molecule has 20 heavy (non-hydrogen) atoms. The minimum atomic E-state index is -0.613. The molecule has 2 aromatic rings. The number of halogens is 3. The topological polar surface area (TPSA) is 80.7 Å². The Morgan fingerprint density at radius 3 is 2.90 bits per heavy atom. The van der Waals surface area contributed by atoms with E-state index in [-0.39, 0.29) is 22.5 Å². The van der Waals surface area contributed by atoms with Crippen molar-refractivity contribution >= 4 is 33.4 Å². The highest BCUT2D eigenvalue weighted by Gasteiger charge is 2.10. The summed E-state index contributed by atoms with van der Waals surface area (Å²) in [7, 11) is 0. The van der Waals surface area contributed by atoms with Crippen LogP contribution in [0.4, 0.5) is 4.39 Å². The van der Waals surface area contributed by atoms with Gasteiger partial charge in [0.2, 0.25) is 5.88 Å². The fourth-order valence-electron chi connectivity index (χ4n) is 1.38. The Morgan fingerprint density at radius 1 is 1.45 bits per heavy atom. The maximum Gasteiger partial charge on any atom is 0.219 e. The van der Waals surface area contributed by atoms with Gasteiger partial charge < -0.3 is 15.7 Å². The molecule has 1 aromatic carbocycles. The molecular formula is C12H8BrClFN3O2. The van der Waals surface area contributed by atoms with Gasteiger partial charge in [-0.2, -0.15) is 0 Å². The van der Waals surface area contributed by atoms with Gasteiger partial charge in [0.05, 0.1) is 9.50 Å². The zero-order valence-electron chi connectivity index (χ0n) is 9.85. The molecule has 0 aliphatic carbocycles. The molecule has 1 heterocycles. The Balaban J connectivity index is 2.33. The molecule has 0 saturated heterocycles. The molecule has 0 amide bonds. The number of aromatic nitrogens is 1. The van der Waals surface area contributed by atoms with Crippen LogP contribution in [-0.4, -0.2) is 16.0 Å². The number of benzene rings is 1. The van der Waals surface area contributed by atoms with Crippen LogP contribution in [-0.2, 0) is 0 Å². The molecule has 0 saturated carbocycles. The smallest absolute Gasteiger partial charge is 0.219 e. The van der Waals surface area contributed by atoms with E-state index in [0.29, 0.717) is 10.0 Å². The van der Waals surface area contributed by atoms with Crippen LogP contribution < -0.4 is 10.5 Å². The number of amidine groups is 1. The summed E-state index contributed by atoms with van der Waals surface area (Å²) >= 11 is 8.85. The SMILES string of the molecule is N/C(=N/O)c1ccnc(Oc2cc(F)c(Cl)cc2Br)c1. The number of nitrogens with zero attached hydrogens (tertiary/aromatic N) is 2. The molecule has 0 bridgehead atoms. The van der Waals surface area contributed by atoms with Crippen LogP contribution in [0.2, 0.25) is 5.02 Å². The average Bonchev–Trinajstić information content (AvgIpc) is 2.44. The highest BCUT2D eigenvalue weighted by molar-refractivity contribution is 9.10. The number of nitrogens with two attached hydrogens (primary N) is 1. The maximum absolute atomic E-state index is 13.4. The zero-order chi connectivity index (χ0) is 14.7. The van der Waals surface area contributed by atoms with Crippen LogP contribution in [0.3, 0.4) is 0 Å². The molecule has 1 aromatic heterocycles. The summed E-state index contributed by atoms with van der Waals surface area (Å²) in [6, 6.07) is 5.50. The fraction of sp³-hybridized carbons (Fsp3) is 0. The van der Waals surface area contributed by atoms with Crippen LogP contribution >= 0.6 is 27.5 Å². The summed E-state index contributed by atoms with van der Waals surface area (Å²) in [5.74, 6) is -0.330. The molecule has 0 fully saturated rings. The van der Waals surface area contributed by atoms with E-state index in [2.05, 4.69) is 26.1 Å². The third kappa shape index (κ3) is 3.17. The second-order valence-corrected chi connectivity index (χ2v) is 4.93. The molecule has 2 rings (SSSR count). The van der Waals surface area contributed by atoms with Crippen molar-refractivity contribution in [2.75, 3.05) is 0 Å². The van der Waals surface area contributed by atoms with E-state index in [1.54, 1.807) is 6.07 Å². The van der Waals surface area contributed by atoms with Crippen molar-refractivity contribution in [2.24, 2.45) is 10.9 Å². The maximum atomic E-state index is 13.4. The minimum absolute atomic E-state index is 0.0254. The van der Waals surface area contributed by atoms with Crippen LogP contribution in [0.1, 0.15) is 5.56 Å². The predicted molar refractivity (Wildman–Crippen MR) is 75.9 cm³/mol. The number of rotatable bonds is 3. The molecular weight excluding hydrogens is 353 g/mol. The molecule has 3 N–H and O–H groups in total. The van der Waals surface area contributed by atoms with Crippen molar-refractivity contribution in [3.63, 3.8) is 0 Å². The van der Waals surface area contributed by atoms with E-state index in [4.69, 9.17) is 27.3 Å². The first kappa shape index (κ1) is 14.5. The van der Waals surface area contributed by atoms with Gasteiger partial charge in [0.25, 0.3) is 0 Å². The number of ether oxygens (including phenoxy) is 1. The molecule has 0 atom stereocenters. The van der Waals surface area contributed by atoms with Gasteiger partial charge in [-0.05, 0) is 28.1 Å². The highest BCUT2D eigenvalue weighted by Crippen LogP contribution is 2.33. The second kappa shape index (κ2) is 6.06. The third-order valence-corrected chi connectivity index (χ3v) is 3.24. The van der Waals surface area contributed by atoms with Crippen LogP contribution in [0.25, 0.3) is 0 Å². The summed E-state index contributed by atoms with van der Waals surface area (Å²) in [4.78, 5) is 3.95. The first-order valence-electron chi connectivity index (χ1n) is 5.27. The largest absolute Gasteiger partial charge is 0.438 e. The number of pyridine rings is 1. The summed E-state index contributed by atoms with van der Waals surface area (Å²) < 4.78 is 19.3. The normalized spacial score (nSPS) is 11.4. The van der Waals surface area contributed by atoms with Gasteiger partial charge >= 0.3 is 0 Å². The number of hydrogen-bond donors (Lipinski definition) is 2. The Labute approximate surface area is 127 Å². The molecule has 0 radical (unpaired) electrons. The van der Waals surface area contributed by atoms with E-state index >= 15 is 0 Å². The first-order valence-corrected chi connectivity index (χ1v) is 6.44. The van der Waals surface area contributed by atoms with Crippen molar-refractivity contribution in [3.8, 4) is 11.6 Å². The van der Waals surface area contributed by atoms with Gasteiger partial charge in [-0.1, -0.05) is 16.8 Å². The molecule has 0 aliphatic rings. The molecule has 8 heteroatoms. The molecule has 5 nitrogen and oxygen atoms in total. The van der Waals surface area contributed by atoms with E-state index in [1.807, 2.05) is 0 Å². The van der Waals surface area contributed by atoms with Gasteiger partial charge in [-0.15, -0.1) is 0 Å². The second-order valence-electron chi connectivity index (χ2n) is 3.67. The van der Waals surface area contributed by atoms with E-state index < -0.39 is 5.82 Å². The van der Waals surface area contributed by atoms with Crippen LogP contribution in [0.5, 0.6) is 11.6 Å². The monoisotopic (exact) mass is 359 g/mol. The van der Waals surface area contributed by atoms with E-state index in [9.17, 15) is 4.39 Å². The lowest BCUT2D eigenvalue weighted by Gasteiger charge is -2.08. The highest BCUT2D eigenvalue weighted by atomic mass is 79.9. The Hall–Kier alpha value is -1.86. The lowest BCUT2D eigenvalue weighted by Crippen LogP contribution is -2.13. The lowest BCUT2D eigenvalue weighted by molar-refractivity contribution is 0.318. The summed E-state index contributed by atoms with van der Waals surface area (Å²) in [6.45, 7) is 0. The fourth-order valence-corrected chi connectivity index (χ4v) is 2.10. The standard InChI is InChI=1S/C12H8BrClFN3O2/c13-7-4-8(14)9(15)5-10(7)20-11-3-6(1-2-17-11)12(16)18-19/h1-5,19H,(H2,16,18). The van der Waals surface area contributed by atoms with Crippen molar-refractivity contribution in [1.82, 2.24) is 4.98 Å². The van der Waals surface area contributed by atoms with Gasteiger partial charge in [-0.3, -0.25) is 0 Å². The molecule has 0 aliphatic heterocycles. The molecule has 0 spiro atoms. The van der Waals surface area contributed by atoms with Crippen LogP contribution in [0.15, 0.2) is 40.1 Å². The first-order chi connectivity index (χ1) is 9.51. The minimum Gasteiger partial charge on any atom is -0.438 e. The van der Waals surface area contributed by atoms with E-state index in [0.717, 1.165) is 6.07 Å². The van der Waals surface area contributed by atoms with Crippen molar-refractivity contribution in [3.05, 3.63) is 51.3 Å². The quantitative estimate of drug-likeness (QED) is 0.288. The summed E-state index contributed by atoms with van der Waals surface area (Å²) in [5.41, 5.74) is 5.88. The number of hydrogen-bond acceptors (Lipinski definition) is 4. The molecule has 104 valence electrons. The Bertz CT molecular complexity index is 682. The number of oxime groups is 1. The summed E-state index contributed by atoms with van der Waals surface area (Å²) in [5, 5.41) is 11.5. The van der Waals surface area contributed by atoms with Gasteiger partial charge in [0.15, 0.2) is 5.84 Å². The predicted octanol–water partition coefficient (Wildman–Crippen LogP) is 3.52. The Morgan fingerprint density at radius 2 is 2.20 bits per heavy atom. The third-order valence-electron chi connectivity index (χ3n) is 2.33. The molecule has 0 unspecified atom stereocenters. The van der Waals surface area contributed by atoms with Gasteiger partial charge in [0.1, 0.15) is 11.6 Å². The lowest BCUT2D eigenvalue weighted by atomic mass is 10.2.